The van der Waals surface area contributed by atoms with Gasteiger partial charge in [-0.05, 0) is 13.8 Å². The molecule has 0 saturated carbocycles. The first-order chi connectivity index (χ1) is 5.55. The van der Waals surface area contributed by atoms with E-state index in [4.69, 9.17) is 5.11 Å². The van der Waals surface area contributed by atoms with E-state index in [9.17, 15) is 4.79 Å². The third kappa shape index (κ3) is 1.39. The van der Waals surface area contributed by atoms with E-state index in [1.54, 1.807) is 0 Å². The van der Waals surface area contributed by atoms with Gasteiger partial charge in [0.05, 0.1) is 6.20 Å². The lowest BCUT2D eigenvalue weighted by Gasteiger charge is -2.15. The number of aromatic nitrogens is 3. The molecule has 0 aromatic carbocycles. The third-order valence-corrected chi connectivity index (χ3v) is 1.58. The summed E-state index contributed by atoms with van der Waals surface area (Å²) in [5.41, 5.74) is -1.08. The number of carboxylic acids is 1. The van der Waals surface area contributed by atoms with Crippen LogP contribution in [0.25, 0.3) is 0 Å². The van der Waals surface area contributed by atoms with Crippen molar-refractivity contribution in [1.82, 2.24) is 15.2 Å². The Labute approximate surface area is 69.5 Å². The molecule has 1 aromatic heterocycles. The molecule has 0 spiro atoms. The van der Waals surface area contributed by atoms with Crippen molar-refractivity contribution in [3.05, 3.63) is 18.2 Å². The highest BCUT2D eigenvalue weighted by Gasteiger charge is 2.32. The second-order valence-corrected chi connectivity index (χ2v) is 2.90. The molecule has 1 rings (SSSR count). The van der Waals surface area contributed by atoms with Crippen molar-refractivity contribution < 1.29 is 9.90 Å². The average molecular weight is 167 g/mol. The monoisotopic (exact) mass is 167 g/mol. The molecule has 0 amide bonds. The SMILES string of the molecule is CC(C)(C(=O)O)c1nccnn1. The van der Waals surface area contributed by atoms with Crippen molar-refractivity contribution in [2.45, 2.75) is 19.3 Å². The first-order valence-corrected chi connectivity index (χ1v) is 3.42. The summed E-state index contributed by atoms with van der Waals surface area (Å²) < 4.78 is 0. The number of rotatable bonds is 2. The summed E-state index contributed by atoms with van der Waals surface area (Å²) in [5.74, 6) is -0.743. The molecule has 12 heavy (non-hydrogen) atoms. The predicted molar refractivity (Wildman–Crippen MR) is 40.5 cm³/mol. The van der Waals surface area contributed by atoms with Crippen LogP contribution < -0.4 is 0 Å². The van der Waals surface area contributed by atoms with Crippen molar-refractivity contribution in [3.8, 4) is 0 Å². The van der Waals surface area contributed by atoms with E-state index in [1.807, 2.05) is 0 Å². The molecule has 0 bridgehead atoms. The Hall–Kier alpha value is -1.52. The fourth-order valence-corrected chi connectivity index (χ4v) is 0.630. The summed E-state index contributed by atoms with van der Waals surface area (Å²) in [6, 6.07) is 0. The third-order valence-electron chi connectivity index (χ3n) is 1.58. The number of carboxylic acid groups (broad SMARTS) is 1. The average Bonchev–Trinajstić information content (AvgIpc) is 2.06. The normalized spacial score (nSPS) is 11.2. The molecule has 1 N–H and O–H groups in total. The van der Waals surface area contributed by atoms with Crippen molar-refractivity contribution in [2.75, 3.05) is 0 Å². The first kappa shape index (κ1) is 8.58. The largest absolute Gasteiger partial charge is 0.481 e. The van der Waals surface area contributed by atoms with Gasteiger partial charge in [0, 0.05) is 6.20 Å². The minimum Gasteiger partial charge on any atom is -0.481 e. The second kappa shape index (κ2) is 2.84. The maximum atomic E-state index is 10.7. The van der Waals surface area contributed by atoms with Crippen LogP contribution >= 0.6 is 0 Å². The number of aliphatic carboxylic acids is 1. The Morgan fingerprint density at radius 1 is 1.50 bits per heavy atom. The van der Waals surface area contributed by atoms with Crippen LogP contribution in [0.5, 0.6) is 0 Å². The standard InChI is InChI=1S/C7H9N3O2/c1-7(2,6(11)12)5-8-3-4-9-10-5/h3-4H,1-2H3,(H,11,12). The molecule has 0 atom stereocenters. The Bertz CT molecular complexity index is 284. The molecule has 1 aromatic rings. The first-order valence-electron chi connectivity index (χ1n) is 3.42. The molecular weight excluding hydrogens is 158 g/mol. The van der Waals surface area contributed by atoms with Crippen LogP contribution in [0.3, 0.4) is 0 Å². The van der Waals surface area contributed by atoms with Gasteiger partial charge in [0.15, 0.2) is 5.82 Å². The second-order valence-electron chi connectivity index (χ2n) is 2.90. The molecule has 0 aliphatic carbocycles. The summed E-state index contributed by atoms with van der Waals surface area (Å²) in [5, 5.41) is 16.0. The molecular formula is C7H9N3O2. The smallest absolute Gasteiger partial charge is 0.316 e. The number of hydrogen-bond donors (Lipinski definition) is 1. The maximum absolute atomic E-state index is 10.7. The fourth-order valence-electron chi connectivity index (χ4n) is 0.630. The summed E-state index contributed by atoms with van der Waals surface area (Å²) in [6.45, 7) is 3.07. The van der Waals surface area contributed by atoms with Gasteiger partial charge in [-0.1, -0.05) is 0 Å². The Balaban J connectivity index is 3.06. The number of nitrogens with zero attached hydrogens (tertiary/aromatic N) is 3. The lowest BCUT2D eigenvalue weighted by molar-refractivity contribution is -0.142. The van der Waals surface area contributed by atoms with Gasteiger partial charge in [0.1, 0.15) is 5.41 Å². The molecule has 0 fully saturated rings. The highest BCUT2D eigenvalue weighted by molar-refractivity contribution is 5.78. The van der Waals surface area contributed by atoms with E-state index in [2.05, 4.69) is 15.2 Å². The zero-order chi connectivity index (χ0) is 9.19. The van der Waals surface area contributed by atoms with Crippen LogP contribution in [-0.4, -0.2) is 26.3 Å². The molecule has 5 nitrogen and oxygen atoms in total. The van der Waals surface area contributed by atoms with E-state index in [-0.39, 0.29) is 5.82 Å². The number of hydrogen-bond acceptors (Lipinski definition) is 4. The van der Waals surface area contributed by atoms with E-state index in [1.165, 1.54) is 26.2 Å². The summed E-state index contributed by atoms with van der Waals surface area (Å²) in [4.78, 5) is 14.5. The molecule has 0 aliphatic rings. The van der Waals surface area contributed by atoms with Crippen LogP contribution in [0.15, 0.2) is 12.4 Å². The van der Waals surface area contributed by atoms with E-state index < -0.39 is 11.4 Å². The molecule has 0 radical (unpaired) electrons. The summed E-state index contributed by atoms with van der Waals surface area (Å²) >= 11 is 0. The molecule has 1 heterocycles. The Morgan fingerprint density at radius 3 is 2.58 bits per heavy atom. The van der Waals surface area contributed by atoms with Gasteiger partial charge in [-0.2, -0.15) is 5.10 Å². The van der Waals surface area contributed by atoms with Crippen molar-refractivity contribution in [2.24, 2.45) is 0 Å². The Kier molecular flexibility index (Phi) is 2.03. The van der Waals surface area contributed by atoms with Gasteiger partial charge in [-0.25, -0.2) is 4.98 Å². The molecule has 0 unspecified atom stereocenters. The van der Waals surface area contributed by atoms with Crippen LogP contribution in [0.1, 0.15) is 19.7 Å². The van der Waals surface area contributed by atoms with Crippen molar-refractivity contribution in [1.29, 1.82) is 0 Å². The van der Waals surface area contributed by atoms with Crippen molar-refractivity contribution >= 4 is 5.97 Å². The van der Waals surface area contributed by atoms with Crippen LogP contribution in [-0.2, 0) is 10.2 Å². The van der Waals surface area contributed by atoms with Gasteiger partial charge in [0.25, 0.3) is 0 Å². The van der Waals surface area contributed by atoms with E-state index in [0.717, 1.165) is 0 Å². The zero-order valence-corrected chi connectivity index (χ0v) is 6.85. The van der Waals surface area contributed by atoms with Gasteiger partial charge in [-0.15, -0.1) is 5.10 Å². The van der Waals surface area contributed by atoms with E-state index >= 15 is 0 Å². The van der Waals surface area contributed by atoms with Gasteiger partial charge in [-0.3, -0.25) is 4.79 Å². The molecule has 64 valence electrons. The van der Waals surface area contributed by atoms with Crippen LogP contribution in [0, 0.1) is 0 Å². The quantitative estimate of drug-likeness (QED) is 0.682. The van der Waals surface area contributed by atoms with Crippen molar-refractivity contribution in [3.63, 3.8) is 0 Å². The molecule has 0 aliphatic heterocycles. The summed E-state index contributed by atoms with van der Waals surface area (Å²) in [7, 11) is 0. The topological polar surface area (TPSA) is 76.0 Å². The predicted octanol–water partition coefficient (Wildman–Crippen LogP) is 0.234. The van der Waals surface area contributed by atoms with Gasteiger partial charge in [0.2, 0.25) is 0 Å². The van der Waals surface area contributed by atoms with Crippen LogP contribution in [0.4, 0.5) is 0 Å². The minimum absolute atomic E-state index is 0.220. The lowest BCUT2D eigenvalue weighted by atomic mass is 9.93. The maximum Gasteiger partial charge on any atom is 0.316 e. The van der Waals surface area contributed by atoms with Gasteiger partial charge < -0.3 is 5.11 Å². The van der Waals surface area contributed by atoms with E-state index in [0.29, 0.717) is 0 Å². The van der Waals surface area contributed by atoms with Gasteiger partial charge >= 0.3 is 5.97 Å². The molecule has 0 saturated heterocycles. The number of carbonyl (C=O) groups is 1. The minimum atomic E-state index is -1.08. The fraction of sp³-hybridized carbons (Fsp3) is 0.429. The highest BCUT2D eigenvalue weighted by Crippen LogP contribution is 2.17. The summed E-state index contributed by atoms with van der Waals surface area (Å²) in [6.07, 6.45) is 2.83. The van der Waals surface area contributed by atoms with Crippen LogP contribution in [0.2, 0.25) is 0 Å². The highest BCUT2D eigenvalue weighted by atomic mass is 16.4. The Morgan fingerprint density at radius 2 is 2.17 bits per heavy atom. The zero-order valence-electron chi connectivity index (χ0n) is 6.85. The lowest BCUT2D eigenvalue weighted by Crippen LogP contribution is -2.31. The molecule has 5 heteroatoms.